The smallest absolute Gasteiger partial charge is 0.00970 e. The van der Waals surface area contributed by atoms with Crippen LogP contribution in [0.25, 0.3) is 0 Å². The first-order chi connectivity index (χ1) is 5.71. The summed E-state index contributed by atoms with van der Waals surface area (Å²) >= 11 is 0. The lowest BCUT2D eigenvalue weighted by molar-refractivity contribution is 0.412. The Hall–Kier alpha value is -0.0800. The fourth-order valence-corrected chi connectivity index (χ4v) is 1.34. The molecule has 0 aliphatic carbocycles. The van der Waals surface area contributed by atoms with Crippen LogP contribution in [0.3, 0.4) is 0 Å². The van der Waals surface area contributed by atoms with Crippen molar-refractivity contribution in [2.45, 2.75) is 70.9 Å². The third kappa shape index (κ3) is 11.9. The van der Waals surface area contributed by atoms with E-state index in [2.05, 4.69) is 27.7 Å². The van der Waals surface area contributed by atoms with Gasteiger partial charge in [-0.3, -0.25) is 0 Å². The maximum absolute atomic E-state index is 5.88. The van der Waals surface area contributed by atoms with Crippen LogP contribution in [0.1, 0.15) is 59.8 Å². The summed E-state index contributed by atoms with van der Waals surface area (Å²) in [5.41, 5.74) is 11.8. The van der Waals surface area contributed by atoms with Crippen LogP contribution in [0, 0.1) is 0 Å². The molecule has 0 saturated carbocycles. The average molecular weight is 186 g/mol. The Bertz CT molecular complexity index is 112. The molecular weight excluding hydrogens is 160 g/mol. The predicted octanol–water partition coefficient (Wildman–Crippen LogP) is 2.41. The molecule has 0 atom stereocenters. The van der Waals surface area contributed by atoms with Gasteiger partial charge in [0.15, 0.2) is 0 Å². The molecule has 2 nitrogen and oxygen atoms in total. The second kappa shape index (κ2) is 4.97. The lowest BCUT2D eigenvalue weighted by Gasteiger charge is -2.20. The second-order valence-corrected chi connectivity index (χ2v) is 5.54. The van der Waals surface area contributed by atoms with Crippen molar-refractivity contribution in [2.24, 2.45) is 11.5 Å². The Morgan fingerprint density at radius 2 is 1.00 bits per heavy atom. The summed E-state index contributed by atoms with van der Waals surface area (Å²) in [4.78, 5) is 0. The summed E-state index contributed by atoms with van der Waals surface area (Å²) in [5.74, 6) is 0. The first kappa shape index (κ1) is 12.9. The highest BCUT2D eigenvalue weighted by molar-refractivity contribution is 4.73. The number of unbranched alkanes of at least 4 members (excludes halogenated alkanes) is 2. The number of hydrogen-bond donors (Lipinski definition) is 2. The molecule has 80 valence electrons. The molecule has 0 rings (SSSR count). The molecule has 0 fully saturated rings. The molecule has 0 spiro atoms. The van der Waals surface area contributed by atoms with Gasteiger partial charge in [0.25, 0.3) is 0 Å². The lowest BCUT2D eigenvalue weighted by Crippen LogP contribution is -2.32. The highest BCUT2D eigenvalue weighted by Gasteiger charge is 2.11. The molecule has 13 heavy (non-hydrogen) atoms. The molecule has 0 amide bonds. The van der Waals surface area contributed by atoms with E-state index in [4.69, 9.17) is 11.5 Å². The minimum Gasteiger partial charge on any atom is -0.326 e. The Kier molecular flexibility index (Phi) is 4.93. The monoisotopic (exact) mass is 186 g/mol. The minimum absolute atomic E-state index is 0.00175. The van der Waals surface area contributed by atoms with Crippen molar-refractivity contribution in [1.29, 1.82) is 0 Å². The van der Waals surface area contributed by atoms with E-state index in [-0.39, 0.29) is 11.1 Å². The van der Waals surface area contributed by atoms with Crippen molar-refractivity contribution in [3.8, 4) is 0 Å². The van der Waals surface area contributed by atoms with Gasteiger partial charge in [-0.15, -0.1) is 0 Å². The van der Waals surface area contributed by atoms with E-state index in [1.807, 2.05) is 0 Å². The highest BCUT2D eigenvalue weighted by Crippen LogP contribution is 2.14. The first-order valence-electron chi connectivity index (χ1n) is 5.28. The summed E-state index contributed by atoms with van der Waals surface area (Å²) in [5, 5.41) is 0. The first-order valence-corrected chi connectivity index (χ1v) is 5.28. The van der Waals surface area contributed by atoms with Gasteiger partial charge in [0, 0.05) is 11.1 Å². The SMILES string of the molecule is CC(C)(N)CCCCCC(C)(C)N. The molecule has 0 heterocycles. The van der Waals surface area contributed by atoms with Gasteiger partial charge in [-0.05, 0) is 40.5 Å². The van der Waals surface area contributed by atoms with Crippen molar-refractivity contribution >= 4 is 0 Å². The number of rotatable bonds is 6. The molecule has 0 unspecified atom stereocenters. The van der Waals surface area contributed by atoms with Crippen molar-refractivity contribution in [3.05, 3.63) is 0 Å². The maximum Gasteiger partial charge on any atom is 0.00970 e. The van der Waals surface area contributed by atoms with Crippen LogP contribution < -0.4 is 11.5 Å². The van der Waals surface area contributed by atoms with E-state index in [0.717, 1.165) is 12.8 Å². The van der Waals surface area contributed by atoms with Crippen LogP contribution in [-0.4, -0.2) is 11.1 Å². The van der Waals surface area contributed by atoms with Gasteiger partial charge in [0.2, 0.25) is 0 Å². The van der Waals surface area contributed by atoms with Crippen LogP contribution in [0.15, 0.2) is 0 Å². The van der Waals surface area contributed by atoms with Crippen LogP contribution in [0.2, 0.25) is 0 Å². The molecule has 0 aromatic carbocycles. The van der Waals surface area contributed by atoms with Crippen LogP contribution in [-0.2, 0) is 0 Å². The lowest BCUT2D eigenvalue weighted by atomic mass is 9.94. The summed E-state index contributed by atoms with van der Waals surface area (Å²) in [6.07, 6.45) is 5.91. The normalized spacial score (nSPS) is 13.4. The molecule has 2 heteroatoms. The van der Waals surface area contributed by atoms with Gasteiger partial charge in [-0.2, -0.15) is 0 Å². The van der Waals surface area contributed by atoms with Crippen LogP contribution in [0.4, 0.5) is 0 Å². The summed E-state index contributed by atoms with van der Waals surface area (Å²) in [6.45, 7) is 8.33. The molecular formula is C11H26N2. The van der Waals surface area contributed by atoms with E-state index >= 15 is 0 Å². The van der Waals surface area contributed by atoms with E-state index in [1.54, 1.807) is 0 Å². The average Bonchev–Trinajstić information content (AvgIpc) is 1.81. The maximum atomic E-state index is 5.88. The third-order valence-electron chi connectivity index (χ3n) is 2.14. The highest BCUT2D eigenvalue weighted by atomic mass is 14.7. The molecule has 0 aliphatic heterocycles. The fraction of sp³-hybridized carbons (Fsp3) is 1.00. The van der Waals surface area contributed by atoms with Crippen molar-refractivity contribution in [3.63, 3.8) is 0 Å². The van der Waals surface area contributed by atoms with Crippen LogP contribution >= 0.6 is 0 Å². The van der Waals surface area contributed by atoms with Gasteiger partial charge in [-0.25, -0.2) is 0 Å². The van der Waals surface area contributed by atoms with Crippen molar-refractivity contribution in [1.82, 2.24) is 0 Å². The fourth-order valence-electron chi connectivity index (χ4n) is 1.34. The van der Waals surface area contributed by atoms with E-state index in [1.165, 1.54) is 19.3 Å². The topological polar surface area (TPSA) is 52.0 Å². The largest absolute Gasteiger partial charge is 0.326 e. The van der Waals surface area contributed by atoms with Crippen molar-refractivity contribution < 1.29 is 0 Å². The minimum atomic E-state index is -0.00175. The second-order valence-electron chi connectivity index (χ2n) is 5.54. The number of nitrogens with two attached hydrogens (primary N) is 2. The van der Waals surface area contributed by atoms with Crippen molar-refractivity contribution in [2.75, 3.05) is 0 Å². The Balaban J connectivity index is 3.28. The summed E-state index contributed by atoms with van der Waals surface area (Å²) in [6, 6.07) is 0. The van der Waals surface area contributed by atoms with E-state index in [9.17, 15) is 0 Å². The molecule has 0 saturated heterocycles. The van der Waals surface area contributed by atoms with Crippen LogP contribution in [0.5, 0.6) is 0 Å². The van der Waals surface area contributed by atoms with Gasteiger partial charge in [-0.1, -0.05) is 19.3 Å². The molecule has 0 radical (unpaired) electrons. The molecule has 0 aliphatic rings. The zero-order valence-corrected chi connectivity index (χ0v) is 9.69. The number of hydrogen-bond acceptors (Lipinski definition) is 2. The standard InChI is InChI=1S/C11H26N2/c1-10(2,12)8-6-5-7-9-11(3,4)13/h5-9,12-13H2,1-4H3. The third-order valence-corrected chi connectivity index (χ3v) is 2.14. The zero-order chi connectivity index (χ0) is 10.5. The van der Waals surface area contributed by atoms with E-state index in [0.29, 0.717) is 0 Å². The summed E-state index contributed by atoms with van der Waals surface area (Å²) < 4.78 is 0. The molecule has 0 aromatic heterocycles. The summed E-state index contributed by atoms with van der Waals surface area (Å²) in [7, 11) is 0. The predicted molar refractivity (Wildman–Crippen MR) is 59.6 cm³/mol. The van der Waals surface area contributed by atoms with Gasteiger partial charge in [0.1, 0.15) is 0 Å². The van der Waals surface area contributed by atoms with E-state index < -0.39 is 0 Å². The van der Waals surface area contributed by atoms with Gasteiger partial charge >= 0.3 is 0 Å². The zero-order valence-electron chi connectivity index (χ0n) is 9.69. The Labute approximate surface area is 83.1 Å². The quantitative estimate of drug-likeness (QED) is 0.626. The Morgan fingerprint density at radius 3 is 1.23 bits per heavy atom. The van der Waals surface area contributed by atoms with Gasteiger partial charge in [0.05, 0.1) is 0 Å². The van der Waals surface area contributed by atoms with Gasteiger partial charge < -0.3 is 11.5 Å². The molecule has 0 aromatic rings. The molecule has 4 N–H and O–H groups in total. The Morgan fingerprint density at radius 1 is 0.692 bits per heavy atom. The molecule has 0 bridgehead atoms.